The summed E-state index contributed by atoms with van der Waals surface area (Å²) in [6.45, 7) is -0.510. The lowest BCUT2D eigenvalue weighted by molar-refractivity contribution is -0.284. The summed E-state index contributed by atoms with van der Waals surface area (Å²) in [5.74, 6) is 3.50. The number of methoxy groups -OCH3 is 1. The van der Waals surface area contributed by atoms with Crippen molar-refractivity contribution < 1.29 is 34.6 Å². The van der Waals surface area contributed by atoms with E-state index in [0.717, 1.165) is 11.3 Å². The van der Waals surface area contributed by atoms with Crippen LogP contribution in [0.5, 0.6) is 5.75 Å². The largest absolute Gasteiger partial charge is 0.497 e. The molecule has 4 N–H and O–H groups in total. The van der Waals surface area contributed by atoms with Gasteiger partial charge in [-0.1, -0.05) is 18.1 Å². The summed E-state index contributed by atoms with van der Waals surface area (Å²) in [7, 11) is 1.59. The van der Waals surface area contributed by atoms with Crippen LogP contribution in [0.4, 0.5) is 0 Å². The zero-order chi connectivity index (χ0) is 16.8. The topological polar surface area (TPSA) is 109 Å². The highest BCUT2D eigenvalue weighted by atomic mass is 16.7. The monoisotopic (exact) mass is 324 g/mol. The van der Waals surface area contributed by atoms with Crippen molar-refractivity contribution in [2.75, 3.05) is 13.7 Å². The van der Waals surface area contributed by atoms with Gasteiger partial charge in [-0.25, -0.2) is 0 Å². The molecule has 0 unspecified atom stereocenters. The minimum absolute atomic E-state index is 0.418. The van der Waals surface area contributed by atoms with Gasteiger partial charge in [-0.05, 0) is 17.7 Å². The van der Waals surface area contributed by atoms with Gasteiger partial charge in [0.1, 0.15) is 36.3 Å². The standard InChI is InChI=1S/C16H20O7/c1-21-11-6-4-10(5-7-11)3-2-8-22-16-15(20)14(19)13(18)12(9-17)23-16/h4-7,12-20H,3,9H2,1H3/t12-,13-,14+,15+,16+/m1/s1. The van der Waals surface area contributed by atoms with Crippen LogP contribution in [0.3, 0.4) is 0 Å². The zero-order valence-corrected chi connectivity index (χ0v) is 12.6. The van der Waals surface area contributed by atoms with Gasteiger partial charge in [0.05, 0.1) is 13.7 Å². The molecule has 1 heterocycles. The molecule has 0 bridgehead atoms. The van der Waals surface area contributed by atoms with E-state index in [2.05, 4.69) is 12.0 Å². The van der Waals surface area contributed by atoms with Crippen molar-refractivity contribution in [1.29, 1.82) is 0 Å². The molecule has 1 aliphatic rings. The summed E-state index contributed by atoms with van der Waals surface area (Å²) >= 11 is 0. The van der Waals surface area contributed by atoms with E-state index in [1.807, 2.05) is 24.3 Å². The molecule has 7 nitrogen and oxygen atoms in total. The normalized spacial score (nSPS) is 30.2. The summed E-state index contributed by atoms with van der Waals surface area (Å²) in [5, 5.41) is 38.1. The maximum absolute atomic E-state index is 9.77. The lowest BCUT2D eigenvalue weighted by atomic mass is 9.99. The minimum atomic E-state index is -1.48. The van der Waals surface area contributed by atoms with Crippen LogP contribution in [0.15, 0.2) is 24.3 Å². The molecule has 0 amide bonds. The first kappa shape index (κ1) is 17.5. The Morgan fingerprint density at radius 1 is 1.09 bits per heavy atom. The number of benzene rings is 1. The first-order valence-electron chi connectivity index (χ1n) is 7.13. The summed E-state index contributed by atoms with van der Waals surface area (Å²) in [4.78, 5) is 0. The molecule has 1 aromatic rings. The predicted octanol–water partition coefficient (Wildman–Crippen LogP) is -0.985. The van der Waals surface area contributed by atoms with E-state index < -0.39 is 37.3 Å². The number of hydrogen-bond acceptors (Lipinski definition) is 7. The van der Waals surface area contributed by atoms with E-state index in [0.29, 0.717) is 6.42 Å². The first-order valence-corrected chi connectivity index (χ1v) is 7.13. The molecule has 5 atom stereocenters. The van der Waals surface area contributed by atoms with E-state index in [9.17, 15) is 15.3 Å². The van der Waals surface area contributed by atoms with Gasteiger partial charge >= 0.3 is 0 Å². The fourth-order valence-electron chi connectivity index (χ4n) is 2.15. The van der Waals surface area contributed by atoms with Crippen molar-refractivity contribution in [2.24, 2.45) is 0 Å². The van der Waals surface area contributed by atoms with Crippen LogP contribution >= 0.6 is 0 Å². The van der Waals surface area contributed by atoms with Crippen LogP contribution in [-0.2, 0) is 15.9 Å². The highest BCUT2D eigenvalue weighted by Crippen LogP contribution is 2.21. The lowest BCUT2D eigenvalue weighted by Gasteiger charge is -2.38. The Kier molecular flexibility index (Phi) is 6.21. The Labute approximate surface area is 134 Å². The van der Waals surface area contributed by atoms with Crippen LogP contribution in [-0.4, -0.2) is 64.8 Å². The average Bonchev–Trinajstić information content (AvgIpc) is 2.59. The molecule has 0 aromatic heterocycles. The molecule has 1 aromatic carbocycles. The van der Waals surface area contributed by atoms with E-state index in [4.69, 9.17) is 19.3 Å². The molecule has 23 heavy (non-hydrogen) atoms. The predicted molar refractivity (Wildman–Crippen MR) is 79.3 cm³/mol. The molecule has 126 valence electrons. The summed E-state index contributed by atoms with van der Waals surface area (Å²) in [5.41, 5.74) is 0.954. The Hall–Kier alpha value is -1.82. The van der Waals surface area contributed by atoms with Gasteiger partial charge in [-0.15, -0.1) is 0 Å². The van der Waals surface area contributed by atoms with Crippen molar-refractivity contribution in [3.63, 3.8) is 0 Å². The van der Waals surface area contributed by atoms with Crippen LogP contribution in [0.2, 0.25) is 0 Å². The quantitative estimate of drug-likeness (QED) is 0.527. The third kappa shape index (κ3) is 4.34. The second kappa shape index (κ2) is 8.15. The average molecular weight is 324 g/mol. The molecule has 2 rings (SSSR count). The zero-order valence-electron chi connectivity index (χ0n) is 12.6. The Morgan fingerprint density at radius 2 is 1.78 bits per heavy atom. The Bertz CT molecular complexity index is 546. The molecule has 1 saturated heterocycles. The second-order valence-electron chi connectivity index (χ2n) is 5.12. The van der Waals surface area contributed by atoms with Gasteiger partial charge in [0.15, 0.2) is 0 Å². The van der Waals surface area contributed by atoms with Gasteiger partial charge in [-0.3, -0.25) is 0 Å². The smallest absolute Gasteiger partial charge is 0.239 e. The lowest BCUT2D eigenvalue weighted by Crippen LogP contribution is -2.58. The Balaban J connectivity index is 1.89. The molecule has 1 fully saturated rings. The first-order chi connectivity index (χ1) is 11.1. The number of ether oxygens (including phenoxy) is 3. The van der Waals surface area contributed by atoms with E-state index in [1.165, 1.54) is 0 Å². The molecular formula is C16H20O7. The fourth-order valence-corrected chi connectivity index (χ4v) is 2.15. The molecule has 0 saturated carbocycles. The summed E-state index contributed by atoms with van der Waals surface area (Å²) < 4.78 is 15.3. The van der Waals surface area contributed by atoms with Gasteiger partial charge in [0.2, 0.25) is 6.29 Å². The maximum atomic E-state index is 9.77. The number of rotatable bonds is 4. The SMILES string of the molecule is COc1ccc(CC#CO[C@H]2O[C@H](CO)[C@@H](O)[C@H](O)[C@@H]2O)cc1. The molecular weight excluding hydrogens is 304 g/mol. The van der Waals surface area contributed by atoms with Crippen LogP contribution in [0.1, 0.15) is 5.56 Å². The number of hydrogen-bond donors (Lipinski definition) is 4. The second-order valence-corrected chi connectivity index (χ2v) is 5.12. The van der Waals surface area contributed by atoms with E-state index >= 15 is 0 Å². The van der Waals surface area contributed by atoms with Crippen molar-refractivity contribution >= 4 is 0 Å². The molecule has 7 heteroatoms. The van der Waals surface area contributed by atoms with Crippen LogP contribution in [0.25, 0.3) is 0 Å². The summed E-state index contributed by atoms with van der Waals surface area (Å²) in [6, 6.07) is 7.35. The molecule has 1 aliphatic heterocycles. The van der Waals surface area contributed by atoms with Crippen LogP contribution < -0.4 is 4.74 Å². The highest BCUT2D eigenvalue weighted by molar-refractivity contribution is 5.29. The van der Waals surface area contributed by atoms with Gasteiger partial charge < -0.3 is 34.6 Å². The summed E-state index contributed by atoms with van der Waals surface area (Å²) in [6.07, 6.45) is -3.78. The van der Waals surface area contributed by atoms with Crippen molar-refractivity contribution in [1.82, 2.24) is 0 Å². The highest BCUT2D eigenvalue weighted by Gasteiger charge is 2.44. The van der Waals surface area contributed by atoms with Crippen molar-refractivity contribution in [3.8, 4) is 17.8 Å². The van der Waals surface area contributed by atoms with Gasteiger partial charge in [0, 0.05) is 6.42 Å². The third-order valence-electron chi connectivity index (χ3n) is 3.55. The Morgan fingerprint density at radius 3 is 2.39 bits per heavy atom. The maximum Gasteiger partial charge on any atom is 0.239 e. The van der Waals surface area contributed by atoms with E-state index in [-0.39, 0.29) is 0 Å². The van der Waals surface area contributed by atoms with Crippen molar-refractivity contribution in [3.05, 3.63) is 29.8 Å². The molecule has 0 spiro atoms. The van der Waals surface area contributed by atoms with Gasteiger partial charge in [0.25, 0.3) is 0 Å². The van der Waals surface area contributed by atoms with E-state index in [1.54, 1.807) is 7.11 Å². The van der Waals surface area contributed by atoms with Crippen molar-refractivity contribution in [2.45, 2.75) is 37.1 Å². The minimum Gasteiger partial charge on any atom is -0.497 e. The third-order valence-corrected chi connectivity index (χ3v) is 3.55. The van der Waals surface area contributed by atoms with Gasteiger partial charge in [-0.2, -0.15) is 0 Å². The number of aliphatic hydroxyl groups excluding tert-OH is 4. The number of aliphatic hydroxyl groups is 4. The fraction of sp³-hybridized carbons (Fsp3) is 0.500. The van der Waals surface area contributed by atoms with Crippen LogP contribution in [0, 0.1) is 12.0 Å². The molecule has 0 aliphatic carbocycles. The molecule has 0 radical (unpaired) electrons.